The summed E-state index contributed by atoms with van der Waals surface area (Å²) in [6, 6.07) is -3.99. The second kappa shape index (κ2) is 17.3. The first-order chi connectivity index (χ1) is 15.9. The normalized spacial score (nSPS) is 14.4. The second-order valence-corrected chi connectivity index (χ2v) is 9.16. The van der Waals surface area contributed by atoms with Crippen LogP contribution in [0.5, 0.6) is 0 Å². The van der Waals surface area contributed by atoms with Crippen LogP contribution in [0.3, 0.4) is 0 Å². The molecule has 0 spiro atoms. The zero-order chi connectivity index (χ0) is 26.3. The van der Waals surface area contributed by atoms with Crippen molar-refractivity contribution >= 4 is 54.9 Å². The van der Waals surface area contributed by atoms with Crippen molar-refractivity contribution in [2.45, 2.75) is 70.1 Å². The number of hydrogen-bond acceptors (Lipinski definition) is 8. The number of thiol groups is 2. The Bertz CT molecular complexity index is 696. The van der Waals surface area contributed by atoms with Gasteiger partial charge in [0.1, 0.15) is 18.1 Å². The van der Waals surface area contributed by atoms with Crippen molar-refractivity contribution in [2.24, 2.45) is 17.4 Å². The van der Waals surface area contributed by atoms with Crippen LogP contribution in [0, 0.1) is 11.3 Å². The molecule has 0 radical (unpaired) electrons. The lowest BCUT2D eigenvalue weighted by Crippen LogP contribution is -2.57. The minimum Gasteiger partial charge on any atom is -0.480 e. The summed E-state index contributed by atoms with van der Waals surface area (Å²) in [6.45, 7) is 4.02. The first kappa shape index (κ1) is 31.8. The molecule has 0 unspecified atom stereocenters. The molecule has 0 saturated carbocycles. The van der Waals surface area contributed by atoms with Gasteiger partial charge in [-0.3, -0.25) is 19.8 Å². The smallest absolute Gasteiger partial charge is 0.326 e. The Morgan fingerprint density at radius 3 is 1.91 bits per heavy atom. The van der Waals surface area contributed by atoms with E-state index < -0.39 is 47.9 Å². The van der Waals surface area contributed by atoms with Gasteiger partial charge in [0.05, 0.1) is 6.04 Å². The third-order valence-electron chi connectivity index (χ3n) is 4.77. The topological polar surface area (TPSA) is 213 Å². The van der Waals surface area contributed by atoms with Crippen LogP contribution in [0.25, 0.3) is 0 Å². The van der Waals surface area contributed by atoms with E-state index in [4.69, 9.17) is 16.9 Å². The third-order valence-corrected chi connectivity index (χ3v) is 5.28. The van der Waals surface area contributed by atoms with E-state index in [0.717, 1.165) is 0 Å². The van der Waals surface area contributed by atoms with E-state index in [9.17, 15) is 24.3 Å². The lowest BCUT2D eigenvalue weighted by atomic mass is 10.0. The largest absolute Gasteiger partial charge is 0.480 e. The number of aliphatic carboxylic acids is 1. The van der Waals surface area contributed by atoms with Crippen LogP contribution in [0.15, 0.2) is 0 Å². The predicted molar refractivity (Wildman–Crippen MR) is 137 cm³/mol. The van der Waals surface area contributed by atoms with Crippen molar-refractivity contribution < 1.29 is 24.3 Å². The zero-order valence-corrected chi connectivity index (χ0v) is 21.5. The molecule has 3 amide bonds. The van der Waals surface area contributed by atoms with Crippen LogP contribution in [0.2, 0.25) is 0 Å². The molecule has 34 heavy (non-hydrogen) atoms. The fourth-order valence-electron chi connectivity index (χ4n) is 2.98. The fourth-order valence-corrected chi connectivity index (χ4v) is 3.52. The lowest BCUT2D eigenvalue weighted by Gasteiger charge is -2.26. The van der Waals surface area contributed by atoms with Gasteiger partial charge in [-0.15, -0.1) is 0 Å². The fraction of sp³-hybridized carbons (Fsp3) is 0.750. The molecule has 0 aromatic carbocycles. The summed E-state index contributed by atoms with van der Waals surface area (Å²) in [7, 11) is 0. The SMILES string of the molecule is CC(C)C[C@H](NC(=O)[C@H](CCCNC(=N)N)NC(=O)[C@@H](N)CCS)C(=O)N[C@H](CCS)C(=O)O. The minimum atomic E-state index is -1.20. The van der Waals surface area contributed by atoms with Crippen LogP contribution >= 0.6 is 25.3 Å². The van der Waals surface area contributed by atoms with Gasteiger partial charge in [0.25, 0.3) is 0 Å². The van der Waals surface area contributed by atoms with E-state index >= 15 is 0 Å². The number of carbonyl (C=O) groups is 4. The van der Waals surface area contributed by atoms with Gasteiger partial charge in [0.2, 0.25) is 17.7 Å². The van der Waals surface area contributed by atoms with E-state index in [1.165, 1.54) is 0 Å². The average molecular weight is 522 g/mol. The molecule has 0 heterocycles. The number of carboxylic acid groups (broad SMARTS) is 1. The minimum absolute atomic E-state index is 0.0147. The van der Waals surface area contributed by atoms with Gasteiger partial charge in [0, 0.05) is 6.54 Å². The molecule has 0 aliphatic rings. The van der Waals surface area contributed by atoms with Gasteiger partial charge in [-0.25, -0.2) is 4.79 Å². The molecule has 14 heteroatoms. The van der Waals surface area contributed by atoms with Gasteiger partial charge < -0.3 is 37.8 Å². The number of nitrogens with one attached hydrogen (secondary N) is 5. The summed E-state index contributed by atoms with van der Waals surface area (Å²) < 4.78 is 0. The molecular weight excluding hydrogens is 482 g/mol. The Morgan fingerprint density at radius 1 is 0.882 bits per heavy atom. The molecule has 12 nitrogen and oxygen atoms in total. The molecule has 0 fully saturated rings. The molecular formula is C20H39N7O5S2. The molecule has 196 valence electrons. The van der Waals surface area contributed by atoms with Crippen LogP contribution in [0.1, 0.15) is 46.0 Å². The highest BCUT2D eigenvalue weighted by Gasteiger charge is 2.30. The number of nitrogens with two attached hydrogens (primary N) is 2. The number of rotatable bonds is 17. The van der Waals surface area contributed by atoms with E-state index in [1.807, 2.05) is 13.8 Å². The second-order valence-electron chi connectivity index (χ2n) is 8.27. The average Bonchev–Trinajstić information content (AvgIpc) is 2.74. The molecule has 0 aromatic heterocycles. The van der Waals surface area contributed by atoms with Crippen molar-refractivity contribution in [1.82, 2.24) is 21.3 Å². The zero-order valence-electron chi connectivity index (χ0n) is 19.7. The van der Waals surface area contributed by atoms with Gasteiger partial charge in [-0.2, -0.15) is 25.3 Å². The Balaban J connectivity index is 5.47. The van der Waals surface area contributed by atoms with Gasteiger partial charge in [0.15, 0.2) is 5.96 Å². The van der Waals surface area contributed by atoms with Crippen molar-refractivity contribution in [1.29, 1.82) is 5.41 Å². The standard InChI is InChI=1S/C20H39N7O5S2/c1-11(2)10-15(18(30)26-14(6-9-34)19(31)32)27-17(29)13(4-3-7-24-20(22)23)25-16(28)12(21)5-8-33/h11-15,33-34H,3-10,21H2,1-2H3,(H,25,28)(H,26,30)(H,27,29)(H,31,32)(H4,22,23,24)/t12-,13-,14+,15-/m0/s1. The summed E-state index contributed by atoms with van der Waals surface area (Å²) in [5.74, 6) is -2.52. The summed E-state index contributed by atoms with van der Waals surface area (Å²) >= 11 is 8.08. The highest BCUT2D eigenvalue weighted by Crippen LogP contribution is 2.08. The van der Waals surface area contributed by atoms with Crippen molar-refractivity contribution in [3.05, 3.63) is 0 Å². The van der Waals surface area contributed by atoms with Crippen molar-refractivity contribution in [2.75, 3.05) is 18.1 Å². The summed E-state index contributed by atoms with van der Waals surface area (Å²) in [5, 5.41) is 26.8. The van der Waals surface area contributed by atoms with E-state index in [2.05, 4.69) is 46.5 Å². The quantitative estimate of drug-likeness (QED) is 0.0485. The highest BCUT2D eigenvalue weighted by atomic mass is 32.1. The Kier molecular flexibility index (Phi) is 16.2. The number of guanidine groups is 1. The van der Waals surface area contributed by atoms with Crippen LogP contribution in [0.4, 0.5) is 0 Å². The maximum Gasteiger partial charge on any atom is 0.326 e. The lowest BCUT2D eigenvalue weighted by molar-refractivity contribution is -0.142. The molecule has 4 atom stereocenters. The molecule has 0 rings (SSSR count). The number of carboxylic acids is 1. The number of carbonyl (C=O) groups excluding carboxylic acids is 3. The van der Waals surface area contributed by atoms with E-state index in [1.54, 1.807) is 0 Å². The molecule has 0 aliphatic heterocycles. The molecule has 0 bridgehead atoms. The van der Waals surface area contributed by atoms with Crippen molar-refractivity contribution in [3.8, 4) is 0 Å². The molecule has 0 saturated heterocycles. The van der Waals surface area contributed by atoms with Crippen LogP contribution < -0.4 is 32.7 Å². The van der Waals surface area contributed by atoms with Crippen LogP contribution in [-0.4, -0.2) is 77.0 Å². The monoisotopic (exact) mass is 521 g/mol. The molecule has 0 aliphatic carbocycles. The van der Waals surface area contributed by atoms with Gasteiger partial charge >= 0.3 is 5.97 Å². The Hall–Kier alpha value is -2.19. The number of hydrogen-bond donors (Lipinski definition) is 10. The van der Waals surface area contributed by atoms with E-state index in [0.29, 0.717) is 25.1 Å². The maximum atomic E-state index is 13.1. The van der Waals surface area contributed by atoms with Crippen LogP contribution in [-0.2, 0) is 19.2 Å². The first-order valence-electron chi connectivity index (χ1n) is 11.1. The summed E-state index contributed by atoms with van der Waals surface area (Å²) in [5.41, 5.74) is 11.1. The van der Waals surface area contributed by atoms with Gasteiger partial charge in [-0.1, -0.05) is 13.8 Å². The highest BCUT2D eigenvalue weighted by molar-refractivity contribution is 7.80. The molecule has 0 aromatic rings. The predicted octanol–water partition coefficient (Wildman–Crippen LogP) is -1.20. The number of amides is 3. The maximum absolute atomic E-state index is 13.1. The first-order valence-corrected chi connectivity index (χ1v) is 12.4. The van der Waals surface area contributed by atoms with Crippen molar-refractivity contribution in [3.63, 3.8) is 0 Å². The van der Waals surface area contributed by atoms with E-state index in [-0.39, 0.29) is 36.9 Å². The summed E-state index contributed by atoms with van der Waals surface area (Å²) in [4.78, 5) is 49.7. The third kappa shape index (κ3) is 13.5. The van der Waals surface area contributed by atoms with Gasteiger partial charge in [-0.05, 0) is 49.5 Å². The molecule has 10 N–H and O–H groups in total. The summed E-state index contributed by atoms with van der Waals surface area (Å²) in [6.07, 6.45) is 1.28. The Labute approximate surface area is 211 Å². The Morgan fingerprint density at radius 2 is 1.41 bits per heavy atom.